The molecule has 0 bridgehead atoms. The summed E-state index contributed by atoms with van der Waals surface area (Å²) in [5.41, 5.74) is 1.88. The second-order valence-corrected chi connectivity index (χ2v) is 6.47. The van der Waals surface area contributed by atoms with Crippen molar-refractivity contribution in [2.24, 2.45) is 0 Å². The molecular formula is C15H21N5O. The van der Waals surface area contributed by atoms with Crippen LogP contribution in [0, 0.1) is 25.2 Å². The van der Waals surface area contributed by atoms with Crippen molar-refractivity contribution < 1.29 is 4.79 Å². The van der Waals surface area contributed by atoms with Gasteiger partial charge in [-0.1, -0.05) is 0 Å². The molecule has 6 heteroatoms. The molecule has 1 atom stereocenters. The van der Waals surface area contributed by atoms with E-state index in [1.54, 1.807) is 0 Å². The van der Waals surface area contributed by atoms with Gasteiger partial charge in [-0.15, -0.1) is 5.10 Å². The van der Waals surface area contributed by atoms with Crippen LogP contribution in [0.25, 0.3) is 0 Å². The maximum atomic E-state index is 12.1. The topological polar surface area (TPSA) is 81.9 Å². The number of amides is 1. The van der Waals surface area contributed by atoms with Crippen molar-refractivity contribution >= 4 is 11.7 Å². The molecule has 0 aliphatic carbocycles. The zero-order valence-electron chi connectivity index (χ0n) is 13.2. The number of hydrogen-bond acceptors (Lipinski definition) is 5. The summed E-state index contributed by atoms with van der Waals surface area (Å²) in [5, 5.41) is 20.6. The average molecular weight is 287 g/mol. The number of carbonyl (C=O) groups is 1. The van der Waals surface area contributed by atoms with Crippen molar-refractivity contribution in [1.82, 2.24) is 15.1 Å². The first-order valence-electron chi connectivity index (χ1n) is 7.05. The van der Waals surface area contributed by atoms with Gasteiger partial charge in [-0.05, 0) is 40.2 Å². The normalized spacial score (nSPS) is 18.8. The summed E-state index contributed by atoms with van der Waals surface area (Å²) in [4.78, 5) is 13.9. The number of nitriles is 1. The number of aromatic nitrogens is 2. The van der Waals surface area contributed by atoms with Crippen molar-refractivity contribution in [2.45, 2.75) is 52.6 Å². The lowest BCUT2D eigenvalue weighted by atomic mass is 10.1. The zero-order chi connectivity index (χ0) is 15.8. The van der Waals surface area contributed by atoms with Crippen LogP contribution in [0.3, 0.4) is 0 Å². The maximum Gasteiger partial charge on any atom is 0.225 e. The van der Waals surface area contributed by atoms with Gasteiger partial charge in [0, 0.05) is 18.5 Å². The minimum Gasteiger partial charge on any atom is -0.362 e. The SMILES string of the molecule is Cc1nnc(NC2CC(=O)N(C(C)(C)C)C2)c(C#N)c1C. The number of carbonyl (C=O) groups excluding carboxylic acids is 1. The predicted octanol–water partition coefficient (Wildman–Crippen LogP) is 1.78. The minimum absolute atomic E-state index is 0.0415. The molecule has 0 spiro atoms. The van der Waals surface area contributed by atoms with E-state index in [0.29, 0.717) is 24.3 Å². The van der Waals surface area contributed by atoms with Crippen LogP contribution in [0.5, 0.6) is 0 Å². The van der Waals surface area contributed by atoms with Crippen LogP contribution in [-0.2, 0) is 4.79 Å². The van der Waals surface area contributed by atoms with Crippen molar-refractivity contribution in [3.05, 3.63) is 16.8 Å². The Balaban J connectivity index is 2.20. The molecule has 0 radical (unpaired) electrons. The van der Waals surface area contributed by atoms with Gasteiger partial charge in [0.05, 0.1) is 11.7 Å². The number of anilines is 1. The summed E-state index contributed by atoms with van der Waals surface area (Å²) in [7, 11) is 0. The fourth-order valence-corrected chi connectivity index (χ4v) is 2.49. The number of hydrogen-bond donors (Lipinski definition) is 1. The smallest absolute Gasteiger partial charge is 0.225 e. The average Bonchev–Trinajstić information content (AvgIpc) is 2.75. The highest BCUT2D eigenvalue weighted by Gasteiger charge is 2.36. The Labute approximate surface area is 125 Å². The quantitative estimate of drug-likeness (QED) is 0.896. The third-order valence-corrected chi connectivity index (χ3v) is 3.84. The monoisotopic (exact) mass is 287 g/mol. The third kappa shape index (κ3) is 2.97. The second kappa shape index (κ2) is 5.32. The van der Waals surface area contributed by atoms with E-state index in [1.807, 2.05) is 39.5 Å². The maximum absolute atomic E-state index is 12.1. The van der Waals surface area contributed by atoms with E-state index in [0.717, 1.165) is 11.3 Å². The predicted molar refractivity (Wildman–Crippen MR) is 79.7 cm³/mol. The van der Waals surface area contributed by atoms with Crippen LogP contribution < -0.4 is 5.32 Å². The Hall–Kier alpha value is -2.16. The number of likely N-dealkylation sites (tertiary alicyclic amines) is 1. The van der Waals surface area contributed by atoms with Crippen molar-refractivity contribution in [3.63, 3.8) is 0 Å². The summed E-state index contributed by atoms with van der Waals surface area (Å²) < 4.78 is 0. The lowest BCUT2D eigenvalue weighted by Crippen LogP contribution is -2.43. The molecule has 1 aromatic heterocycles. The molecular weight excluding hydrogens is 266 g/mol. The molecule has 6 nitrogen and oxygen atoms in total. The molecule has 2 heterocycles. The van der Waals surface area contributed by atoms with E-state index in [9.17, 15) is 10.1 Å². The first-order chi connectivity index (χ1) is 9.74. The highest BCUT2D eigenvalue weighted by atomic mass is 16.2. The largest absolute Gasteiger partial charge is 0.362 e. The molecule has 21 heavy (non-hydrogen) atoms. The van der Waals surface area contributed by atoms with E-state index >= 15 is 0 Å². The van der Waals surface area contributed by atoms with Gasteiger partial charge in [-0.25, -0.2) is 0 Å². The molecule has 1 N–H and O–H groups in total. The molecule has 1 aliphatic heterocycles. The van der Waals surface area contributed by atoms with Gasteiger partial charge in [-0.2, -0.15) is 10.4 Å². The fraction of sp³-hybridized carbons (Fsp3) is 0.600. The Kier molecular flexibility index (Phi) is 3.86. The van der Waals surface area contributed by atoms with E-state index < -0.39 is 0 Å². The van der Waals surface area contributed by atoms with Gasteiger partial charge in [0.2, 0.25) is 5.91 Å². The van der Waals surface area contributed by atoms with Crippen LogP contribution in [0.1, 0.15) is 44.0 Å². The number of nitrogens with zero attached hydrogens (tertiary/aromatic N) is 4. The number of rotatable bonds is 2. The van der Waals surface area contributed by atoms with Gasteiger partial charge in [0.25, 0.3) is 0 Å². The summed E-state index contributed by atoms with van der Waals surface area (Å²) >= 11 is 0. The Morgan fingerprint density at radius 1 is 1.33 bits per heavy atom. The van der Waals surface area contributed by atoms with Crippen LogP contribution in [-0.4, -0.2) is 39.1 Å². The first-order valence-corrected chi connectivity index (χ1v) is 7.05. The van der Waals surface area contributed by atoms with Gasteiger partial charge < -0.3 is 10.2 Å². The fourth-order valence-electron chi connectivity index (χ4n) is 2.49. The molecule has 112 valence electrons. The van der Waals surface area contributed by atoms with Gasteiger partial charge in [0.1, 0.15) is 11.6 Å². The minimum atomic E-state index is -0.194. The Bertz CT molecular complexity index is 612. The van der Waals surface area contributed by atoms with Gasteiger partial charge in [0.15, 0.2) is 5.82 Å². The molecule has 0 aromatic carbocycles. The van der Waals surface area contributed by atoms with Crippen LogP contribution in [0.4, 0.5) is 5.82 Å². The molecule has 1 aliphatic rings. The van der Waals surface area contributed by atoms with Crippen molar-refractivity contribution in [1.29, 1.82) is 5.26 Å². The molecule has 1 fully saturated rings. The summed E-state index contributed by atoms with van der Waals surface area (Å²) in [6.45, 7) is 10.3. The summed E-state index contributed by atoms with van der Waals surface area (Å²) in [5.74, 6) is 0.587. The number of aryl methyl sites for hydroxylation is 1. The summed E-state index contributed by atoms with van der Waals surface area (Å²) in [6.07, 6.45) is 0.413. The zero-order valence-corrected chi connectivity index (χ0v) is 13.2. The third-order valence-electron chi connectivity index (χ3n) is 3.84. The standard InChI is InChI=1S/C15H21N5O/c1-9-10(2)18-19-14(12(9)7-16)17-11-6-13(21)20(8-11)15(3,4)5/h11H,6,8H2,1-5H3,(H,17,19). The van der Waals surface area contributed by atoms with Crippen molar-refractivity contribution in [3.8, 4) is 6.07 Å². The number of nitrogens with one attached hydrogen (secondary N) is 1. The molecule has 1 amide bonds. The van der Waals surface area contributed by atoms with E-state index in [2.05, 4.69) is 21.6 Å². The molecule has 1 unspecified atom stereocenters. The molecule has 0 saturated carbocycles. The lowest BCUT2D eigenvalue weighted by molar-refractivity contribution is -0.131. The molecule has 2 rings (SSSR count). The molecule has 1 saturated heterocycles. The summed E-state index contributed by atoms with van der Waals surface area (Å²) in [6, 6.07) is 2.13. The first kappa shape index (κ1) is 15.2. The Morgan fingerprint density at radius 3 is 2.52 bits per heavy atom. The Morgan fingerprint density at radius 2 is 2.00 bits per heavy atom. The van der Waals surface area contributed by atoms with Crippen LogP contribution >= 0.6 is 0 Å². The molecule has 1 aromatic rings. The van der Waals surface area contributed by atoms with E-state index in [-0.39, 0.29) is 17.5 Å². The van der Waals surface area contributed by atoms with Crippen LogP contribution in [0.15, 0.2) is 0 Å². The van der Waals surface area contributed by atoms with Crippen LogP contribution in [0.2, 0.25) is 0 Å². The van der Waals surface area contributed by atoms with Crippen molar-refractivity contribution in [2.75, 3.05) is 11.9 Å². The van der Waals surface area contributed by atoms with E-state index in [4.69, 9.17) is 0 Å². The highest BCUT2D eigenvalue weighted by Crippen LogP contribution is 2.25. The van der Waals surface area contributed by atoms with E-state index in [1.165, 1.54) is 0 Å². The van der Waals surface area contributed by atoms with Gasteiger partial charge in [-0.3, -0.25) is 4.79 Å². The lowest BCUT2D eigenvalue weighted by Gasteiger charge is -2.32. The highest BCUT2D eigenvalue weighted by molar-refractivity contribution is 5.80. The van der Waals surface area contributed by atoms with Gasteiger partial charge >= 0.3 is 0 Å². The second-order valence-electron chi connectivity index (χ2n) is 6.47.